The summed E-state index contributed by atoms with van der Waals surface area (Å²) in [6.45, 7) is 3.07. The second kappa shape index (κ2) is 10.7. The molecule has 16 heteroatoms. The largest absolute Gasteiger partial charge is 0.394 e. The number of fused-ring (bicyclic) bond motifs is 2. The second-order valence-electron chi connectivity index (χ2n) is 10.1. The summed E-state index contributed by atoms with van der Waals surface area (Å²) in [6.07, 6.45) is -3.48. The number of hydrogen-bond acceptors (Lipinski definition) is 12. The summed E-state index contributed by atoms with van der Waals surface area (Å²) in [4.78, 5) is 7.69. The van der Waals surface area contributed by atoms with Crippen LogP contribution in [0.25, 0.3) is 11.0 Å². The number of halogens is 2. The molecule has 0 aliphatic carbocycles. The Bertz CT molecular complexity index is 1580. The van der Waals surface area contributed by atoms with Crippen molar-refractivity contribution >= 4 is 22.7 Å². The summed E-state index contributed by atoms with van der Waals surface area (Å²) in [6, 6.07) is 10.0. The maximum Gasteiger partial charge on any atom is 0.231 e. The minimum absolute atomic E-state index is 0.0802. The summed E-state index contributed by atoms with van der Waals surface area (Å²) in [7, 11) is 0. The van der Waals surface area contributed by atoms with Crippen molar-refractivity contribution in [3.8, 4) is 12.1 Å². The normalized spacial score (nSPS) is 32.4. The zero-order chi connectivity index (χ0) is 30.4. The molecule has 0 amide bonds. The molecule has 8 atom stereocenters. The van der Waals surface area contributed by atoms with Gasteiger partial charge in [-0.3, -0.25) is 0 Å². The highest BCUT2D eigenvalue weighted by Crippen LogP contribution is 2.46. The van der Waals surface area contributed by atoms with E-state index < -0.39 is 42.4 Å². The van der Waals surface area contributed by atoms with Gasteiger partial charge in [0, 0.05) is 5.92 Å². The lowest BCUT2D eigenvalue weighted by Gasteiger charge is -2.23. The van der Waals surface area contributed by atoms with Gasteiger partial charge < -0.3 is 31.2 Å². The van der Waals surface area contributed by atoms with Crippen molar-refractivity contribution in [2.75, 3.05) is 18.1 Å². The number of aliphatic hydroxyl groups is 2. The zero-order valence-electron chi connectivity index (χ0n) is 22.5. The molecule has 2 aliphatic heterocycles. The molecule has 0 saturated carbocycles. The van der Waals surface area contributed by atoms with Gasteiger partial charge in [-0.2, -0.15) is 20.7 Å². The fourth-order valence-electron chi connectivity index (χ4n) is 5.53. The Morgan fingerprint density at radius 3 is 1.79 bits per heavy atom. The van der Waals surface area contributed by atoms with Crippen molar-refractivity contribution in [3.63, 3.8) is 0 Å². The Morgan fingerprint density at radius 2 is 1.38 bits per heavy atom. The molecule has 0 radical (unpaired) electrons. The minimum atomic E-state index is -2.07. The van der Waals surface area contributed by atoms with Crippen molar-refractivity contribution in [3.05, 3.63) is 48.3 Å². The molecule has 220 valence electrons. The van der Waals surface area contributed by atoms with Crippen LogP contribution in [-0.4, -0.2) is 76.7 Å². The smallest absolute Gasteiger partial charge is 0.231 e. The van der Waals surface area contributed by atoms with E-state index in [9.17, 15) is 24.4 Å². The number of nitriles is 2. The summed E-state index contributed by atoms with van der Waals surface area (Å²) in [5, 5.41) is 45.9. The van der Waals surface area contributed by atoms with Crippen LogP contribution in [0.15, 0.2) is 36.9 Å². The molecule has 6 N–H and O–H groups in total. The van der Waals surface area contributed by atoms with Crippen molar-refractivity contribution < 1.29 is 28.5 Å². The number of anilines is 2. The van der Waals surface area contributed by atoms with Gasteiger partial charge in [-0.1, -0.05) is 13.8 Å². The summed E-state index contributed by atoms with van der Waals surface area (Å²) in [5.74, 6) is 0.0780. The van der Waals surface area contributed by atoms with Crippen LogP contribution in [0.4, 0.5) is 20.4 Å². The first kappa shape index (κ1) is 29.0. The van der Waals surface area contributed by atoms with E-state index in [-0.39, 0.29) is 29.4 Å². The third-order valence-electron chi connectivity index (χ3n) is 7.82. The molecule has 2 fully saturated rings. The van der Waals surface area contributed by atoms with Crippen LogP contribution in [0.5, 0.6) is 0 Å². The molecule has 42 heavy (non-hydrogen) atoms. The Labute approximate surface area is 237 Å². The van der Waals surface area contributed by atoms with E-state index in [2.05, 4.69) is 20.2 Å². The molecule has 2 aliphatic rings. The Balaban J connectivity index is 0.000000168. The van der Waals surface area contributed by atoms with Gasteiger partial charge in [0.15, 0.2) is 24.0 Å². The minimum Gasteiger partial charge on any atom is -0.394 e. The fourth-order valence-corrected chi connectivity index (χ4v) is 5.53. The predicted octanol–water partition coefficient (Wildman–Crippen LogP) is 0.934. The van der Waals surface area contributed by atoms with E-state index in [1.165, 1.54) is 33.8 Å². The number of aromatic nitrogens is 6. The van der Waals surface area contributed by atoms with E-state index >= 15 is 0 Å². The van der Waals surface area contributed by atoms with Crippen molar-refractivity contribution in [1.82, 2.24) is 29.2 Å². The standard InChI is InChI=1S/C14H16FN5O.C12H12FN5O3/c1-3-10-8(2)12(15)14(6-16,21-10)11-5-4-9-13(17)18-7-19-20(9)11;13-10-9(20)7(3-19)21-12(10,4-14)8-2-1-6-11(15)16-5-17-18(6)8/h4-5,7-8,10,12H,3H2,1-2H3,(H2,17,18,19);1-2,5,7,9-10,19-20H,3H2,(H2,15,16,17)/t8-,10-,12-,14?;7-,9-,10-,12?/m11/s1. The van der Waals surface area contributed by atoms with E-state index in [0.717, 1.165) is 0 Å². The van der Waals surface area contributed by atoms with Crippen LogP contribution in [0.1, 0.15) is 31.7 Å². The lowest BCUT2D eigenvalue weighted by atomic mass is 9.89. The molecule has 2 unspecified atom stereocenters. The van der Waals surface area contributed by atoms with Crippen molar-refractivity contribution in [1.29, 1.82) is 10.5 Å². The highest BCUT2D eigenvalue weighted by atomic mass is 19.1. The molecule has 0 aromatic carbocycles. The third-order valence-corrected chi connectivity index (χ3v) is 7.82. The number of hydrogen-bond donors (Lipinski definition) is 4. The highest BCUT2D eigenvalue weighted by molar-refractivity contribution is 5.67. The molecule has 4 aromatic rings. The molecule has 0 bridgehead atoms. The van der Waals surface area contributed by atoms with Crippen LogP contribution in [0.3, 0.4) is 0 Å². The first-order valence-electron chi connectivity index (χ1n) is 13.0. The molecule has 0 spiro atoms. The van der Waals surface area contributed by atoms with Gasteiger partial charge in [-0.25, -0.2) is 27.8 Å². The third kappa shape index (κ3) is 4.11. The summed E-state index contributed by atoms with van der Waals surface area (Å²) in [5.41, 5.74) is 9.09. The Morgan fingerprint density at radius 1 is 0.905 bits per heavy atom. The second-order valence-corrected chi connectivity index (χ2v) is 10.1. The van der Waals surface area contributed by atoms with Gasteiger partial charge in [-0.15, -0.1) is 0 Å². The Kier molecular flexibility index (Phi) is 7.42. The summed E-state index contributed by atoms with van der Waals surface area (Å²) >= 11 is 0. The maximum atomic E-state index is 14.8. The van der Waals surface area contributed by atoms with E-state index in [0.29, 0.717) is 23.1 Å². The zero-order valence-corrected chi connectivity index (χ0v) is 22.5. The molecule has 2 saturated heterocycles. The molecule has 6 heterocycles. The molecule has 14 nitrogen and oxygen atoms in total. The number of nitrogens with two attached hydrogens (primary N) is 2. The van der Waals surface area contributed by atoms with Crippen LogP contribution in [0.2, 0.25) is 0 Å². The number of nitrogen functional groups attached to an aromatic ring is 2. The van der Waals surface area contributed by atoms with Gasteiger partial charge in [0.25, 0.3) is 0 Å². The van der Waals surface area contributed by atoms with Crippen LogP contribution < -0.4 is 11.5 Å². The summed E-state index contributed by atoms with van der Waals surface area (Å²) < 4.78 is 43.1. The van der Waals surface area contributed by atoms with Gasteiger partial charge in [0.1, 0.15) is 48.0 Å². The fraction of sp³-hybridized carbons (Fsp3) is 0.462. The van der Waals surface area contributed by atoms with Crippen LogP contribution >= 0.6 is 0 Å². The van der Waals surface area contributed by atoms with Gasteiger partial charge in [0.2, 0.25) is 11.2 Å². The van der Waals surface area contributed by atoms with Gasteiger partial charge in [-0.05, 0) is 30.7 Å². The molecule has 4 aromatic heterocycles. The average molecular weight is 583 g/mol. The highest BCUT2D eigenvalue weighted by Gasteiger charge is 2.59. The van der Waals surface area contributed by atoms with Crippen LogP contribution in [-0.2, 0) is 20.7 Å². The lowest BCUT2D eigenvalue weighted by Crippen LogP contribution is -2.37. The first-order valence-corrected chi connectivity index (χ1v) is 13.0. The van der Waals surface area contributed by atoms with E-state index in [4.69, 9.17) is 26.0 Å². The first-order chi connectivity index (χ1) is 20.1. The Hall–Kier alpha value is -4.48. The molecular formula is C26H28F2N10O4. The number of rotatable bonds is 4. The van der Waals surface area contributed by atoms with Crippen molar-refractivity contribution in [2.24, 2.45) is 5.92 Å². The molecule has 6 rings (SSSR count). The van der Waals surface area contributed by atoms with Crippen LogP contribution in [0, 0.1) is 28.6 Å². The predicted molar refractivity (Wildman–Crippen MR) is 141 cm³/mol. The van der Waals surface area contributed by atoms with Crippen molar-refractivity contribution in [2.45, 2.75) is 62.1 Å². The number of nitrogens with zero attached hydrogens (tertiary/aromatic N) is 8. The number of ether oxygens (including phenoxy) is 2. The number of alkyl halides is 2. The van der Waals surface area contributed by atoms with E-state index in [1.54, 1.807) is 25.1 Å². The van der Waals surface area contributed by atoms with E-state index in [1.807, 2.05) is 13.0 Å². The molecular weight excluding hydrogens is 554 g/mol. The average Bonchev–Trinajstić information content (AvgIpc) is 3.75. The quantitative estimate of drug-likeness (QED) is 0.264. The lowest BCUT2D eigenvalue weighted by molar-refractivity contribution is -0.0566. The SMILES string of the molecule is CC[C@H]1OC(C#N)(c2ccc3c(N)ncnn23)[C@H](F)[C@@H]1C.N#CC1(c2ccc3c(N)ncnn23)O[C@H](CO)[C@@H](O)[C@H]1F. The maximum absolute atomic E-state index is 14.8. The number of aliphatic hydroxyl groups excluding tert-OH is 2. The topological polar surface area (TPSA) is 219 Å². The monoisotopic (exact) mass is 582 g/mol. The van der Waals surface area contributed by atoms with Gasteiger partial charge >= 0.3 is 0 Å². The van der Waals surface area contributed by atoms with Gasteiger partial charge in [0.05, 0.1) is 24.1 Å².